The van der Waals surface area contributed by atoms with Gasteiger partial charge in [-0.25, -0.2) is 18.1 Å². The molecule has 1 unspecified atom stereocenters. The van der Waals surface area contributed by atoms with Crippen molar-refractivity contribution >= 4 is 49.7 Å². The molecule has 2 aliphatic heterocycles. The first kappa shape index (κ1) is 23.1. The first-order valence-electron chi connectivity index (χ1n) is 11.6. The van der Waals surface area contributed by atoms with Crippen molar-refractivity contribution in [3.8, 4) is 0 Å². The van der Waals surface area contributed by atoms with E-state index in [0.717, 1.165) is 35.6 Å². The lowest BCUT2D eigenvalue weighted by Gasteiger charge is -2.25. The van der Waals surface area contributed by atoms with Gasteiger partial charge in [-0.1, -0.05) is 42.2 Å². The smallest absolute Gasteiger partial charge is 0.240 e. The molecule has 33 heavy (non-hydrogen) atoms. The van der Waals surface area contributed by atoms with Crippen LogP contribution in [0.3, 0.4) is 0 Å². The molecule has 178 valence electrons. The average Bonchev–Trinajstić information content (AvgIpc) is 3.51. The Hall–Kier alpha value is -1.68. The summed E-state index contributed by atoms with van der Waals surface area (Å²) in [6, 6.07) is 5.38. The number of likely N-dealkylation sites (tertiary alicyclic amines) is 1. The maximum absolute atomic E-state index is 13.2. The molecule has 1 saturated heterocycles. The topological polar surface area (TPSA) is 82.6 Å². The number of halogens is 1. The van der Waals surface area contributed by atoms with Gasteiger partial charge in [0.1, 0.15) is 4.34 Å². The monoisotopic (exact) mass is 508 g/mol. The van der Waals surface area contributed by atoms with Gasteiger partial charge in [0.25, 0.3) is 0 Å². The highest BCUT2D eigenvalue weighted by Gasteiger charge is 2.49. The van der Waals surface area contributed by atoms with Gasteiger partial charge in [0, 0.05) is 44.2 Å². The predicted octanol–water partition coefficient (Wildman–Crippen LogP) is 4.30. The summed E-state index contributed by atoms with van der Waals surface area (Å²) < 4.78 is 29.8. The second-order valence-electron chi connectivity index (χ2n) is 9.54. The third-order valence-corrected chi connectivity index (χ3v) is 9.94. The summed E-state index contributed by atoms with van der Waals surface area (Å²) >= 11 is 7.56. The normalized spacial score (nSPS) is 23.5. The van der Waals surface area contributed by atoms with Gasteiger partial charge in [0.15, 0.2) is 5.13 Å². The standard InChI is InChI=1S/C23H29ClN4O3S2/c1-16(29)27-10-9-23(14-27)15-28(22-25-13-21(24)32-22)20-8-7-18(11-19(20)23)33(30,31)26-12-17-5-3-2-4-6-17/h7-8,11,13,17,26H,2-6,9-10,12,14-15H2,1H3. The fraction of sp³-hybridized carbons (Fsp3) is 0.565. The molecule has 1 atom stereocenters. The largest absolute Gasteiger partial charge is 0.342 e. The van der Waals surface area contributed by atoms with Crippen molar-refractivity contribution in [2.45, 2.75) is 55.8 Å². The average molecular weight is 509 g/mol. The van der Waals surface area contributed by atoms with Crippen LogP contribution in [0.2, 0.25) is 4.34 Å². The Labute approximate surface area is 204 Å². The van der Waals surface area contributed by atoms with Crippen LogP contribution in [0.1, 0.15) is 51.0 Å². The fourth-order valence-electron chi connectivity index (χ4n) is 5.55. The lowest BCUT2D eigenvalue weighted by molar-refractivity contribution is -0.127. The van der Waals surface area contributed by atoms with Crippen molar-refractivity contribution < 1.29 is 13.2 Å². The van der Waals surface area contributed by atoms with Crippen LogP contribution in [0.15, 0.2) is 29.3 Å². The number of sulfonamides is 1. The van der Waals surface area contributed by atoms with Crippen LogP contribution in [0.4, 0.5) is 10.8 Å². The molecule has 1 N–H and O–H groups in total. The quantitative estimate of drug-likeness (QED) is 0.651. The van der Waals surface area contributed by atoms with E-state index >= 15 is 0 Å². The highest BCUT2D eigenvalue weighted by molar-refractivity contribution is 7.89. The molecule has 7 nitrogen and oxygen atoms in total. The number of aromatic nitrogens is 1. The second kappa shape index (κ2) is 8.83. The Morgan fingerprint density at radius 2 is 2.06 bits per heavy atom. The molecule has 1 aromatic carbocycles. The maximum Gasteiger partial charge on any atom is 0.240 e. The Kier molecular flexibility index (Phi) is 6.18. The molecule has 1 aliphatic carbocycles. The van der Waals surface area contributed by atoms with E-state index < -0.39 is 10.0 Å². The van der Waals surface area contributed by atoms with Crippen molar-refractivity contribution in [3.05, 3.63) is 34.3 Å². The number of fused-ring (bicyclic) bond motifs is 2. The molecule has 1 amide bonds. The van der Waals surface area contributed by atoms with Gasteiger partial charge in [0.2, 0.25) is 15.9 Å². The predicted molar refractivity (Wildman–Crippen MR) is 131 cm³/mol. The van der Waals surface area contributed by atoms with E-state index in [9.17, 15) is 13.2 Å². The molecule has 3 heterocycles. The van der Waals surface area contributed by atoms with Gasteiger partial charge >= 0.3 is 0 Å². The summed E-state index contributed by atoms with van der Waals surface area (Å²) in [5.74, 6) is 0.459. The number of carbonyl (C=O) groups excluding carboxylic acids is 1. The number of hydrogen-bond donors (Lipinski definition) is 1. The molecule has 2 aromatic rings. The van der Waals surface area contributed by atoms with Crippen LogP contribution in [0.25, 0.3) is 0 Å². The van der Waals surface area contributed by atoms with E-state index in [-0.39, 0.29) is 16.2 Å². The van der Waals surface area contributed by atoms with E-state index in [1.165, 1.54) is 30.6 Å². The van der Waals surface area contributed by atoms with E-state index in [2.05, 4.69) is 14.6 Å². The summed E-state index contributed by atoms with van der Waals surface area (Å²) in [6.07, 6.45) is 8.19. The van der Waals surface area contributed by atoms with Gasteiger partial charge in [-0.15, -0.1) is 0 Å². The van der Waals surface area contributed by atoms with Crippen molar-refractivity contribution in [3.63, 3.8) is 0 Å². The lowest BCUT2D eigenvalue weighted by Crippen LogP contribution is -2.36. The SMILES string of the molecule is CC(=O)N1CCC2(C1)CN(c1ncc(Cl)s1)c1ccc(S(=O)(=O)NCC3CCCCC3)cc12. The summed E-state index contributed by atoms with van der Waals surface area (Å²) in [6.45, 7) is 3.97. The molecule has 1 spiro atoms. The number of carbonyl (C=O) groups is 1. The minimum absolute atomic E-state index is 0.0436. The Bertz CT molecular complexity index is 1160. The highest BCUT2D eigenvalue weighted by atomic mass is 35.5. The van der Waals surface area contributed by atoms with Crippen LogP contribution >= 0.6 is 22.9 Å². The Morgan fingerprint density at radius 1 is 1.27 bits per heavy atom. The number of benzene rings is 1. The number of anilines is 2. The summed E-state index contributed by atoms with van der Waals surface area (Å²) in [4.78, 5) is 20.8. The number of amides is 1. The van der Waals surface area contributed by atoms with Gasteiger partial charge in [0.05, 0.1) is 11.1 Å². The Balaban J connectivity index is 1.47. The van der Waals surface area contributed by atoms with E-state index in [4.69, 9.17) is 11.6 Å². The number of nitrogens with zero attached hydrogens (tertiary/aromatic N) is 3. The molecule has 10 heteroatoms. The fourth-order valence-corrected chi connectivity index (χ4v) is 7.61. The molecule has 2 fully saturated rings. The number of hydrogen-bond acceptors (Lipinski definition) is 6. The van der Waals surface area contributed by atoms with E-state index in [1.54, 1.807) is 19.2 Å². The minimum atomic E-state index is -3.62. The van der Waals surface area contributed by atoms with E-state index in [0.29, 0.717) is 36.4 Å². The highest BCUT2D eigenvalue weighted by Crippen LogP contribution is 2.50. The summed E-state index contributed by atoms with van der Waals surface area (Å²) in [5.41, 5.74) is 1.59. The maximum atomic E-state index is 13.2. The third kappa shape index (κ3) is 4.40. The molecule has 1 aromatic heterocycles. The third-order valence-electron chi connectivity index (χ3n) is 7.38. The molecule has 0 bridgehead atoms. The lowest BCUT2D eigenvalue weighted by atomic mass is 9.81. The van der Waals surface area contributed by atoms with Crippen molar-refractivity contribution in [1.82, 2.24) is 14.6 Å². The summed E-state index contributed by atoms with van der Waals surface area (Å²) in [5, 5.41) is 0.783. The first-order valence-corrected chi connectivity index (χ1v) is 14.2. The summed E-state index contributed by atoms with van der Waals surface area (Å²) in [7, 11) is -3.62. The zero-order valence-corrected chi connectivity index (χ0v) is 21.1. The number of nitrogens with one attached hydrogen (secondary N) is 1. The molecular weight excluding hydrogens is 480 g/mol. The van der Waals surface area contributed by atoms with E-state index in [1.807, 2.05) is 17.0 Å². The zero-order chi connectivity index (χ0) is 23.2. The van der Waals surface area contributed by atoms with Gasteiger partial charge in [-0.3, -0.25) is 4.79 Å². The van der Waals surface area contributed by atoms with Gasteiger partial charge in [-0.05, 0) is 48.9 Å². The second-order valence-corrected chi connectivity index (χ2v) is 12.9. The molecule has 5 rings (SSSR count). The molecule has 3 aliphatic rings. The zero-order valence-electron chi connectivity index (χ0n) is 18.7. The van der Waals surface area contributed by atoms with Crippen molar-refractivity contribution in [1.29, 1.82) is 0 Å². The van der Waals surface area contributed by atoms with Crippen LogP contribution in [0, 0.1) is 5.92 Å². The van der Waals surface area contributed by atoms with Crippen LogP contribution in [0.5, 0.6) is 0 Å². The van der Waals surface area contributed by atoms with Gasteiger partial charge < -0.3 is 9.80 Å². The number of thiazole rings is 1. The van der Waals surface area contributed by atoms with Gasteiger partial charge in [-0.2, -0.15) is 0 Å². The first-order chi connectivity index (χ1) is 15.8. The van der Waals surface area contributed by atoms with Crippen LogP contribution in [-0.4, -0.2) is 50.4 Å². The van der Waals surface area contributed by atoms with Crippen molar-refractivity contribution in [2.24, 2.45) is 5.92 Å². The molecule has 0 radical (unpaired) electrons. The Morgan fingerprint density at radius 3 is 2.73 bits per heavy atom. The number of rotatable bonds is 5. The molecule has 1 saturated carbocycles. The molecular formula is C23H29ClN4O3S2. The van der Waals surface area contributed by atoms with Crippen LogP contribution in [-0.2, 0) is 20.2 Å². The minimum Gasteiger partial charge on any atom is -0.342 e. The van der Waals surface area contributed by atoms with Crippen molar-refractivity contribution in [2.75, 3.05) is 31.1 Å². The van der Waals surface area contributed by atoms with Crippen LogP contribution < -0.4 is 9.62 Å².